The molecule has 1 heterocycles. The zero-order valence-electron chi connectivity index (χ0n) is 7.68. The van der Waals surface area contributed by atoms with E-state index in [0.717, 1.165) is 0 Å². The van der Waals surface area contributed by atoms with Gasteiger partial charge in [-0.05, 0) is 27.9 Å². The first-order valence-electron chi connectivity index (χ1n) is 4.14. The molecule has 13 heavy (non-hydrogen) atoms. The maximum absolute atomic E-state index is 14.2. The van der Waals surface area contributed by atoms with Crippen molar-refractivity contribution in [3.8, 4) is 0 Å². The van der Waals surface area contributed by atoms with Crippen LogP contribution in [-0.2, 0) is 5.67 Å². The smallest absolute Gasteiger partial charge is 0.183 e. The van der Waals surface area contributed by atoms with Crippen LogP contribution in [0.25, 0.3) is 0 Å². The summed E-state index contributed by atoms with van der Waals surface area (Å²) in [6, 6.07) is 1.67. The molecular formula is C9H13BrFNO. The van der Waals surface area contributed by atoms with Gasteiger partial charge in [0.15, 0.2) is 11.4 Å². The van der Waals surface area contributed by atoms with E-state index in [4.69, 9.17) is 10.2 Å². The third-order valence-corrected chi connectivity index (χ3v) is 2.83. The summed E-state index contributed by atoms with van der Waals surface area (Å²) in [4.78, 5) is 0. The third kappa shape index (κ3) is 1.79. The van der Waals surface area contributed by atoms with Crippen LogP contribution in [0.2, 0.25) is 0 Å². The van der Waals surface area contributed by atoms with Gasteiger partial charge in [0.2, 0.25) is 0 Å². The van der Waals surface area contributed by atoms with Crippen molar-refractivity contribution in [2.45, 2.75) is 19.5 Å². The summed E-state index contributed by atoms with van der Waals surface area (Å²) in [5.74, 6) is 0.0740. The van der Waals surface area contributed by atoms with E-state index in [2.05, 4.69) is 15.9 Å². The average molecular weight is 250 g/mol. The van der Waals surface area contributed by atoms with Crippen LogP contribution in [-0.4, -0.2) is 6.54 Å². The largest absolute Gasteiger partial charge is 0.465 e. The van der Waals surface area contributed by atoms with Crippen LogP contribution in [0.3, 0.4) is 0 Å². The summed E-state index contributed by atoms with van der Waals surface area (Å²) in [5, 5.41) is 0. The molecule has 1 rings (SSSR count). The van der Waals surface area contributed by atoms with Gasteiger partial charge in [-0.2, -0.15) is 0 Å². The molecular weight excluding hydrogens is 237 g/mol. The van der Waals surface area contributed by atoms with Crippen LogP contribution < -0.4 is 5.73 Å². The van der Waals surface area contributed by atoms with Gasteiger partial charge in [-0.25, -0.2) is 4.39 Å². The zero-order valence-corrected chi connectivity index (χ0v) is 9.27. The highest BCUT2D eigenvalue weighted by atomic mass is 79.9. The second-order valence-electron chi connectivity index (χ2n) is 3.32. The van der Waals surface area contributed by atoms with Crippen molar-refractivity contribution in [2.24, 2.45) is 11.7 Å². The highest BCUT2D eigenvalue weighted by Gasteiger charge is 2.39. The quantitative estimate of drug-likeness (QED) is 0.895. The summed E-state index contributed by atoms with van der Waals surface area (Å²) in [6.45, 7) is 3.49. The summed E-state index contributed by atoms with van der Waals surface area (Å²) in [7, 11) is 0. The Hall–Kier alpha value is -0.350. The van der Waals surface area contributed by atoms with Gasteiger partial charge in [0, 0.05) is 6.54 Å². The van der Waals surface area contributed by atoms with Crippen molar-refractivity contribution in [3.63, 3.8) is 0 Å². The molecule has 1 aromatic heterocycles. The molecule has 1 unspecified atom stereocenters. The van der Waals surface area contributed by atoms with E-state index in [9.17, 15) is 4.39 Å². The molecule has 0 aliphatic carbocycles. The Kier molecular flexibility index (Phi) is 3.14. The van der Waals surface area contributed by atoms with Gasteiger partial charge < -0.3 is 10.2 Å². The topological polar surface area (TPSA) is 39.2 Å². The lowest BCUT2D eigenvalue weighted by Gasteiger charge is -2.25. The molecule has 0 saturated carbocycles. The Morgan fingerprint density at radius 1 is 1.69 bits per heavy atom. The highest BCUT2D eigenvalue weighted by molar-refractivity contribution is 9.10. The molecule has 0 aliphatic heterocycles. The number of hydrogen-bond acceptors (Lipinski definition) is 2. The van der Waals surface area contributed by atoms with Crippen molar-refractivity contribution in [1.29, 1.82) is 0 Å². The monoisotopic (exact) mass is 249 g/mol. The summed E-state index contributed by atoms with van der Waals surface area (Å²) in [5.41, 5.74) is 3.83. The Balaban J connectivity index is 3.10. The molecule has 1 atom stereocenters. The standard InChI is InChI=1S/C9H13BrFNO/c1-6(2)9(11,5-12)8-7(10)3-4-13-8/h3-4,6H,5,12H2,1-2H3. The van der Waals surface area contributed by atoms with Crippen LogP contribution in [0.15, 0.2) is 21.2 Å². The van der Waals surface area contributed by atoms with Gasteiger partial charge >= 0.3 is 0 Å². The third-order valence-electron chi connectivity index (χ3n) is 2.21. The Labute approximate surface area is 85.4 Å². The average Bonchev–Trinajstić information content (AvgIpc) is 2.50. The lowest BCUT2D eigenvalue weighted by molar-refractivity contribution is 0.0794. The van der Waals surface area contributed by atoms with Gasteiger partial charge in [-0.1, -0.05) is 13.8 Å². The Morgan fingerprint density at radius 3 is 2.62 bits per heavy atom. The van der Waals surface area contributed by atoms with Crippen molar-refractivity contribution in [2.75, 3.05) is 6.54 Å². The van der Waals surface area contributed by atoms with Gasteiger partial charge in [-0.15, -0.1) is 0 Å². The maximum Gasteiger partial charge on any atom is 0.183 e. The molecule has 74 valence electrons. The minimum Gasteiger partial charge on any atom is -0.465 e. The minimum atomic E-state index is -1.58. The van der Waals surface area contributed by atoms with E-state index in [1.54, 1.807) is 19.9 Å². The van der Waals surface area contributed by atoms with Crippen LogP contribution in [0.1, 0.15) is 19.6 Å². The molecule has 1 aromatic rings. The fourth-order valence-electron chi connectivity index (χ4n) is 1.18. The van der Waals surface area contributed by atoms with E-state index in [1.165, 1.54) is 6.26 Å². The van der Waals surface area contributed by atoms with Crippen LogP contribution in [0, 0.1) is 5.92 Å². The van der Waals surface area contributed by atoms with Crippen molar-refractivity contribution in [1.82, 2.24) is 0 Å². The zero-order chi connectivity index (χ0) is 10.1. The fraction of sp³-hybridized carbons (Fsp3) is 0.556. The second-order valence-corrected chi connectivity index (χ2v) is 4.17. The predicted octanol–water partition coefficient (Wildman–Crippen LogP) is 2.82. The SMILES string of the molecule is CC(C)C(F)(CN)c1occc1Br. The van der Waals surface area contributed by atoms with E-state index < -0.39 is 5.67 Å². The lowest BCUT2D eigenvalue weighted by Crippen LogP contribution is -2.35. The van der Waals surface area contributed by atoms with E-state index in [0.29, 0.717) is 4.47 Å². The van der Waals surface area contributed by atoms with Gasteiger partial charge in [0.05, 0.1) is 10.7 Å². The number of hydrogen-bond donors (Lipinski definition) is 1. The van der Waals surface area contributed by atoms with E-state index >= 15 is 0 Å². The summed E-state index contributed by atoms with van der Waals surface area (Å²) < 4.78 is 19.9. The predicted molar refractivity (Wildman–Crippen MR) is 53.1 cm³/mol. The molecule has 2 nitrogen and oxygen atoms in total. The summed E-state index contributed by atoms with van der Waals surface area (Å²) in [6.07, 6.45) is 1.45. The lowest BCUT2D eigenvalue weighted by atomic mass is 9.90. The molecule has 0 spiro atoms. The van der Waals surface area contributed by atoms with Crippen molar-refractivity contribution in [3.05, 3.63) is 22.6 Å². The fourth-order valence-corrected chi connectivity index (χ4v) is 1.71. The van der Waals surface area contributed by atoms with Crippen molar-refractivity contribution < 1.29 is 8.81 Å². The normalized spacial score (nSPS) is 16.2. The van der Waals surface area contributed by atoms with Crippen LogP contribution >= 0.6 is 15.9 Å². The van der Waals surface area contributed by atoms with Crippen LogP contribution in [0.5, 0.6) is 0 Å². The van der Waals surface area contributed by atoms with Crippen LogP contribution in [0.4, 0.5) is 4.39 Å². The van der Waals surface area contributed by atoms with E-state index in [1.807, 2.05) is 0 Å². The maximum atomic E-state index is 14.2. The second kappa shape index (κ2) is 3.80. The number of alkyl halides is 1. The molecule has 0 radical (unpaired) electrons. The van der Waals surface area contributed by atoms with Gasteiger partial charge in [0.25, 0.3) is 0 Å². The number of furan rings is 1. The first-order chi connectivity index (χ1) is 6.02. The number of halogens is 2. The van der Waals surface area contributed by atoms with E-state index in [-0.39, 0.29) is 18.2 Å². The molecule has 0 amide bonds. The Bertz CT molecular complexity index is 287. The first-order valence-corrected chi connectivity index (χ1v) is 4.94. The molecule has 2 N–H and O–H groups in total. The van der Waals surface area contributed by atoms with Gasteiger partial charge in [0.1, 0.15) is 0 Å². The van der Waals surface area contributed by atoms with Crippen molar-refractivity contribution >= 4 is 15.9 Å². The Morgan fingerprint density at radius 2 is 2.31 bits per heavy atom. The number of nitrogens with two attached hydrogens (primary N) is 1. The van der Waals surface area contributed by atoms with Gasteiger partial charge in [-0.3, -0.25) is 0 Å². The summed E-state index contributed by atoms with van der Waals surface area (Å²) >= 11 is 3.22. The highest BCUT2D eigenvalue weighted by Crippen LogP contribution is 2.37. The first kappa shape index (κ1) is 10.7. The minimum absolute atomic E-state index is 0.0726. The molecule has 0 aromatic carbocycles. The molecule has 0 bridgehead atoms. The molecule has 0 aliphatic rings. The number of rotatable bonds is 3. The molecule has 0 saturated heterocycles. The molecule has 0 fully saturated rings. The molecule has 4 heteroatoms.